The maximum Gasteiger partial charge on any atom is 0.297 e. The van der Waals surface area contributed by atoms with E-state index < -0.39 is 40.8 Å². The summed E-state index contributed by atoms with van der Waals surface area (Å²) in [5.74, 6) is 0. The zero-order valence-corrected chi connectivity index (χ0v) is 12.8. The minimum atomic E-state index is -3.90. The molecule has 1 unspecified atom stereocenters. The van der Waals surface area contributed by atoms with E-state index in [2.05, 4.69) is 0 Å². The van der Waals surface area contributed by atoms with E-state index in [1.165, 1.54) is 12.1 Å². The largest absolute Gasteiger partial charge is 0.387 e. The van der Waals surface area contributed by atoms with Crippen molar-refractivity contribution in [1.82, 2.24) is 0 Å². The number of aliphatic hydroxyl groups is 2. The van der Waals surface area contributed by atoms with Crippen LogP contribution in [0.15, 0.2) is 29.2 Å². The maximum atomic E-state index is 12.1. The van der Waals surface area contributed by atoms with Crippen LogP contribution in [-0.2, 0) is 23.8 Å². The molecule has 0 bridgehead atoms. The zero-order chi connectivity index (χ0) is 15.9. The molecule has 22 heavy (non-hydrogen) atoms. The van der Waals surface area contributed by atoms with Gasteiger partial charge in [0.1, 0.15) is 18.3 Å². The van der Waals surface area contributed by atoms with Gasteiger partial charge in [-0.2, -0.15) is 8.42 Å². The highest BCUT2D eigenvalue weighted by Crippen LogP contribution is 2.33. The number of hydrogen-bond donors (Lipinski definition) is 2. The van der Waals surface area contributed by atoms with Gasteiger partial charge in [0.25, 0.3) is 10.1 Å². The molecule has 2 fully saturated rings. The Morgan fingerprint density at radius 1 is 1.23 bits per heavy atom. The highest BCUT2D eigenvalue weighted by Gasteiger charge is 2.50. The lowest BCUT2D eigenvalue weighted by atomic mass is 10.1. The molecule has 0 saturated carbocycles. The molecule has 2 aliphatic heterocycles. The Morgan fingerprint density at radius 3 is 2.55 bits per heavy atom. The van der Waals surface area contributed by atoms with Gasteiger partial charge in [-0.1, -0.05) is 17.7 Å². The number of aryl methyl sites for hydroxylation is 1. The van der Waals surface area contributed by atoms with Gasteiger partial charge in [0.2, 0.25) is 0 Å². The summed E-state index contributed by atoms with van der Waals surface area (Å²) >= 11 is 0. The molecule has 8 heteroatoms. The third kappa shape index (κ3) is 3.03. The molecule has 0 aromatic heterocycles. The molecule has 2 saturated heterocycles. The molecule has 2 N–H and O–H groups in total. The van der Waals surface area contributed by atoms with E-state index in [1.807, 2.05) is 6.92 Å². The molecule has 0 aliphatic carbocycles. The fraction of sp³-hybridized carbons (Fsp3) is 0.571. The number of hydrogen-bond acceptors (Lipinski definition) is 7. The molecule has 0 amide bonds. The third-order valence-electron chi connectivity index (χ3n) is 3.88. The first kappa shape index (κ1) is 15.9. The summed E-state index contributed by atoms with van der Waals surface area (Å²) in [6, 6.07) is 6.28. The van der Waals surface area contributed by atoms with Gasteiger partial charge in [0.15, 0.2) is 6.29 Å². The Balaban J connectivity index is 1.62. The first-order valence-corrected chi connectivity index (χ1v) is 8.41. The first-order chi connectivity index (χ1) is 10.4. The summed E-state index contributed by atoms with van der Waals surface area (Å²) in [5.41, 5.74) is 0.942. The van der Waals surface area contributed by atoms with Crippen molar-refractivity contribution in [1.29, 1.82) is 0 Å². The van der Waals surface area contributed by atoms with Crippen molar-refractivity contribution in [2.45, 2.75) is 48.9 Å². The zero-order valence-electron chi connectivity index (χ0n) is 12.0. The van der Waals surface area contributed by atoms with Crippen LogP contribution in [0.1, 0.15) is 12.0 Å². The van der Waals surface area contributed by atoms with Crippen LogP contribution in [0.5, 0.6) is 0 Å². The van der Waals surface area contributed by atoms with E-state index >= 15 is 0 Å². The van der Waals surface area contributed by atoms with Crippen LogP contribution in [0.2, 0.25) is 0 Å². The van der Waals surface area contributed by atoms with E-state index in [1.54, 1.807) is 12.1 Å². The minimum absolute atomic E-state index is 0.0532. The van der Waals surface area contributed by atoms with Crippen LogP contribution >= 0.6 is 0 Å². The third-order valence-corrected chi connectivity index (χ3v) is 5.17. The Hall–Kier alpha value is -1.03. The number of ether oxygens (including phenoxy) is 2. The molecule has 2 heterocycles. The normalized spacial score (nSPS) is 34.8. The Labute approximate surface area is 128 Å². The molecular formula is C14H18O7S. The van der Waals surface area contributed by atoms with Crippen molar-refractivity contribution in [2.24, 2.45) is 0 Å². The van der Waals surface area contributed by atoms with E-state index in [9.17, 15) is 18.6 Å². The topological polar surface area (TPSA) is 102 Å². The summed E-state index contributed by atoms with van der Waals surface area (Å²) in [5, 5.41) is 19.4. The second-order valence-electron chi connectivity index (χ2n) is 5.55. The molecule has 0 radical (unpaired) electrons. The van der Waals surface area contributed by atoms with E-state index in [0.717, 1.165) is 5.56 Å². The smallest absolute Gasteiger partial charge is 0.297 e. The second-order valence-corrected chi connectivity index (χ2v) is 7.16. The van der Waals surface area contributed by atoms with Crippen LogP contribution in [0.25, 0.3) is 0 Å². The first-order valence-electron chi connectivity index (χ1n) is 7.00. The molecule has 5 atom stereocenters. The lowest BCUT2D eigenvalue weighted by molar-refractivity contribution is -0.124. The Bertz CT molecular complexity index is 627. The lowest BCUT2D eigenvalue weighted by Crippen LogP contribution is -2.35. The van der Waals surface area contributed by atoms with Crippen LogP contribution in [0, 0.1) is 6.92 Å². The molecule has 1 aromatic rings. The van der Waals surface area contributed by atoms with Gasteiger partial charge in [0.05, 0.1) is 17.6 Å². The average molecular weight is 330 g/mol. The standard InChI is InChI=1S/C14H18O7S/c1-8-2-4-9(5-3-8)22(17,18)19-7-11-13(16)14-10(20-11)6-12(15)21-14/h2-5,10-16H,6-7H2,1H3/t10-,11-,12?,13-,14+/m1/s1. The summed E-state index contributed by atoms with van der Waals surface area (Å²) < 4.78 is 39.7. The van der Waals surface area contributed by atoms with Crippen molar-refractivity contribution < 1.29 is 32.3 Å². The van der Waals surface area contributed by atoms with E-state index in [-0.39, 0.29) is 17.9 Å². The maximum absolute atomic E-state index is 12.1. The van der Waals surface area contributed by atoms with Gasteiger partial charge in [-0.15, -0.1) is 0 Å². The summed E-state index contributed by atoms with van der Waals surface area (Å²) in [4.78, 5) is 0.0532. The molecule has 0 spiro atoms. The Morgan fingerprint density at radius 2 is 1.91 bits per heavy atom. The minimum Gasteiger partial charge on any atom is -0.387 e. The van der Waals surface area contributed by atoms with Crippen molar-refractivity contribution in [3.05, 3.63) is 29.8 Å². The van der Waals surface area contributed by atoms with Crippen molar-refractivity contribution in [3.63, 3.8) is 0 Å². The van der Waals surface area contributed by atoms with Crippen molar-refractivity contribution in [3.8, 4) is 0 Å². The monoisotopic (exact) mass is 330 g/mol. The van der Waals surface area contributed by atoms with Crippen molar-refractivity contribution >= 4 is 10.1 Å². The van der Waals surface area contributed by atoms with Gasteiger partial charge >= 0.3 is 0 Å². The van der Waals surface area contributed by atoms with Crippen molar-refractivity contribution in [2.75, 3.05) is 6.61 Å². The lowest BCUT2D eigenvalue weighted by Gasteiger charge is -2.17. The predicted octanol–water partition coefficient (Wildman–Crippen LogP) is -0.0641. The van der Waals surface area contributed by atoms with Gasteiger partial charge in [-0.25, -0.2) is 0 Å². The molecule has 122 valence electrons. The average Bonchev–Trinajstić information content (AvgIpc) is 2.96. The van der Waals surface area contributed by atoms with E-state index in [4.69, 9.17) is 13.7 Å². The fourth-order valence-corrected chi connectivity index (χ4v) is 3.59. The summed E-state index contributed by atoms with van der Waals surface area (Å²) in [6.07, 6.45) is -3.63. The van der Waals surface area contributed by atoms with Crippen LogP contribution in [0.4, 0.5) is 0 Å². The highest BCUT2D eigenvalue weighted by molar-refractivity contribution is 7.86. The van der Waals surface area contributed by atoms with Gasteiger partial charge in [0, 0.05) is 6.42 Å². The van der Waals surface area contributed by atoms with Crippen LogP contribution in [0.3, 0.4) is 0 Å². The quantitative estimate of drug-likeness (QED) is 0.745. The predicted molar refractivity (Wildman–Crippen MR) is 74.5 cm³/mol. The SMILES string of the molecule is Cc1ccc(S(=O)(=O)OC[C@H]2O[C@@H]3CC(O)O[C@@H]3[C@@H]2O)cc1. The summed E-state index contributed by atoms with van der Waals surface area (Å²) in [7, 11) is -3.90. The van der Waals surface area contributed by atoms with Gasteiger partial charge in [-0.05, 0) is 19.1 Å². The molecule has 1 aromatic carbocycles. The molecule has 3 rings (SSSR count). The molecular weight excluding hydrogens is 312 g/mol. The second kappa shape index (κ2) is 5.88. The summed E-state index contributed by atoms with van der Waals surface area (Å²) in [6.45, 7) is 1.55. The van der Waals surface area contributed by atoms with Gasteiger partial charge < -0.3 is 19.7 Å². The van der Waals surface area contributed by atoms with Crippen LogP contribution < -0.4 is 0 Å². The molecule has 2 aliphatic rings. The Kier molecular flexibility index (Phi) is 4.23. The number of benzene rings is 1. The highest BCUT2D eigenvalue weighted by atomic mass is 32.2. The number of fused-ring (bicyclic) bond motifs is 1. The molecule has 7 nitrogen and oxygen atoms in total. The number of rotatable bonds is 4. The number of aliphatic hydroxyl groups excluding tert-OH is 2. The van der Waals surface area contributed by atoms with Crippen LogP contribution in [-0.4, -0.2) is 55.9 Å². The van der Waals surface area contributed by atoms with Gasteiger partial charge in [-0.3, -0.25) is 4.18 Å². The van der Waals surface area contributed by atoms with E-state index in [0.29, 0.717) is 0 Å². The fourth-order valence-electron chi connectivity index (χ4n) is 2.67.